The third-order valence-corrected chi connectivity index (χ3v) is 2.83. The van der Waals surface area contributed by atoms with Crippen molar-refractivity contribution in [2.45, 2.75) is 27.2 Å². The third-order valence-electron chi connectivity index (χ3n) is 2.83. The molecule has 0 amide bonds. The Morgan fingerprint density at radius 2 is 2.06 bits per heavy atom. The average molecular weight is 244 g/mol. The van der Waals surface area contributed by atoms with E-state index in [0.29, 0.717) is 6.61 Å². The van der Waals surface area contributed by atoms with E-state index >= 15 is 0 Å². The highest BCUT2D eigenvalue weighted by molar-refractivity contribution is 5.83. The predicted molar refractivity (Wildman–Crippen MR) is 76.4 cm³/mol. The second-order valence-electron chi connectivity index (χ2n) is 4.37. The largest absolute Gasteiger partial charge is 0.494 e. The fourth-order valence-corrected chi connectivity index (χ4v) is 1.94. The first-order valence-electron chi connectivity index (χ1n) is 6.52. The summed E-state index contributed by atoms with van der Waals surface area (Å²) in [6.07, 6.45) is 1.10. The number of fused-ring (bicyclic) bond motifs is 1. The van der Waals surface area contributed by atoms with Gasteiger partial charge in [0, 0.05) is 11.9 Å². The first-order chi connectivity index (χ1) is 8.74. The molecule has 0 saturated heterocycles. The monoisotopic (exact) mass is 244 g/mol. The van der Waals surface area contributed by atoms with Crippen molar-refractivity contribution in [3.05, 3.63) is 29.8 Å². The van der Waals surface area contributed by atoms with Crippen molar-refractivity contribution in [1.29, 1.82) is 0 Å². The van der Waals surface area contributed by atoms with Gasteiger partial charge in [-0.3, -0.25) is 0 Å². The van der Waals surface area contributed by atoms with E-state index in [-0.39, 0.29) is 0 Å². The lowest BCUT2D eigenvalue weighted by Gasteiger charge is -2.10. The Balaban J connectivity index is 2.37. The van der Waals surface area contributed by atoms with E-state index in [0.717, 1.165) is 35.4 Å². The Morgan fingerprint density at radius 3 is 2.78 bits per heavy atom. The Kier molecular flexibility index (Phi) is 4.03. The Labute approximate surface area is 108 Å². The zero-order valence-corrected chi connectivity index (χ0v) is 11.3. The van der Waals surface area contributed by atoms with Crippen LogP contribution in [-0.4, -0.2) is 18.1 Å². The molecule has 0 atom stereocenters. The van der Waals surface area contributed by atoms with Crippen LogP contribution in [0.5, 0.6) is 5.75 Å². The molecule has 2 aromatic rings. The summed E-state index contributed by atoms with van der Waals surface area (Å²) in [5.74, 6) is 1.88. The summed E-state index contributed by atoms with van der Waals surface area (Å²) in [6.45, 7) is 7.87. The maximum absolute atomic E-state index is 5.51. The number of hydrogen-bond donors (Lipinski definition) is 1. The second kappa shape index (κ2) is 5.71. The lowest BCUT2D eigenvalue weighted by Crippen LogP contribution is -2.04. The molecule has 1 aromatic carbocycles. The minimum absolute atomic E-state index is 0.689. The first kappa shape index (κ1) is 12.7. The highest BCUT2D eigenvalue weighted by Crippen LogP contribution is 2.24. The molecular weight excluding hydrogens is 224 g/mol. The number of anilines is 1. The van der Waals surface area contributed by atoms with Gasteiger partial charge in [0.2, 0.25) is 0 Å². The van der Waals surface area contributed by atoms with Crippen molar-refractivity contribution in [3.8, 4) is 5.75 Å². The van der Waals surface area contributed by atoms with Crippen molar-refractivity contribution < 1.29 is 4.74 Å². The first-order valence-corrected chi connectivity index (χ1v) is 6.52. The summed E-state index contributed by atoms with van der Waals surface area (Å²) in [5.41, 5.74) is 2.17. The van der Waals surface area contributed by atoms with Gasteiger partial charge in [-0.25, -0.2) is 4.98 Å². The number of benzene rings is 1. The number of ether oxygens (including phenoxy) is 1. The molecule has 1 N–H and O–H groups in total. The number of aryl methyl sites for hydroxylation is 1. The van der Waals surface area contributed by atoms with E-state index in [2.05, 4.69) is 30.2 Å². The predicted octanol–water partition coefficient (Wildman–Crippen LogP) is 3.76. The standard InChI is InChI=1S/C15H20N2O/c1-4-8-16-15-11(3)9-12-10-13(18-5-2)6-7-14(12)17-15/h6-7,9-10H,4-5,8H2,1-3H3,(H,16,17). The highest BCUT2D eigenvalue weighted by atomic mass is 16.5. The lowest BCUT2D eigenvalue weighted by molar-refractivity contribution is 0.340. The van der Waals surface area contributed by atoms with Crippen LogP contribution in [0.3, 0.4) is 0 Å². The van der Waals surface area contributed by atoms with E-state index in [4.69, 9.17) is 4.74 Å². The SMILES string of the molecule is CCCNc1nc2ccc(OCC)cc2cc1C. The molecule has 1 heterocycles. The van der Waals surface area contributed by atoms with Crippen molar-refractivity contribution in [2.24, 2.45) is 0 Å². The Hall–Kier alpha value is -1.77. The number of hydrogen-bond acceptors (Lipinski definition) is 3. The van der Waals surface area contributed by atoms with Crippen LogP contribution in [0.15, 0.2) is 24.3 Å². The number of nitrogens with one attached hydrogen (secondary N) is 1. The average Bonchev–Trinajstić information content (AvgIpc) is 2.37. The molecule has 18 heavy (non-hydrogen) atoms. The van der Waals surface area contributed by atoms with Crippen LogP contribution >= 0.6 is 0 Å². The number of nitrogens with zero attached hydrogens (tertiary/aromatic N) is 1. The lowest BCUT2D eigenvalue weighted by atomic mass is 10.1. The summed E-state index contributed by atoms with van der Waals surface area (Å²) in [5, 5.41) is 4.48. The van der Waals surface area contributed by atoms with Gasteiger partial charge >= 0.3 is 0 Å². The highest BCUT2D eigenvalue weighted by Gasteiger charge is 2.04. The van der Waals surface area contributed by atoms with Gasteiger partial charge in [0.1, 0.15) is 11.6 Å². The minimum Gasteiger partial charge on any atom is -0.494 e. The molecule has 0 spiro atoms. The Morgan fingerprint density at radius 1 is 1.22 bits per heavy atom. The number of rotatable bonds is 5. The van der Waals surface area contributed by atoms with Crippen molar-refractivity contribution in [1.82, 2.24) is 4.98 Å². The second-order valence-corrected chi connectivity index (χ2v) is 4.37. The van der Waals surface area contributed by atoms with E-state index in [9.17, 15) is 0 Å². The van der Waals surface area contributed by atoms with E-state index in [1.807, 2.05) is 25.1 Å². The third kappa shape index (κ3) is 2.73. The van der Waals surface area contributed by atoms with Gasteiger partial charge in [0.25, 0.3) is 0 Å². The van der Waals surface area contributed by atoms with Gasteiger partial charge in [-0.2, -0.15) is 0 Å². The number of aromatic nitrogens is 1. The molecule has 0 fully saturated rings. The zero-order chi connectivity index (χ0) is 13.0. The van der Waals surface area contributed by atoms with Crippen LogP contribution in [-0.2, 0) is 0 Å². The molecule has 3 nitrogen and oxygen atoms in total. The molecule has 0 unspecified atom stereocenters. The molecular formula is C15H20N2O. The van der Waals surface area contributed by atoms with E-state index < -0.39 is 0 Å². The van der Waals surface area contributed by atoms with Crippen LogP contribution < -0.4 is 10.1 Å². The molecule has 0 aliphatic heterocycles. The smallest absolute Gasteiger partial charge is 0.129 e. The topological polar surface area (TPSA) is 34.2 Å². The van der Waals surface area contributed by atoms with Crippen molar-refractivity contribution in [2.75, 3.05) is 18.5 Å². The molecule has 0 radical (unpaired) electrons. The summed E-state index contributed by atoms with van der Waals surface area (Å²) in [4.78, 5) is 4.65. The van der Waals surface area contributed by atoms with Gasteiger partial charge in [-0.15, -0.1) is 0 Å². The van der Waals surface area contributed by atoms with Crippen LogP contribution in [0, 0.1) is 6.92 Å². The Bertz CT molecular complexity index is 537. The molecule has 0 aliphatic rings. The van der Waals surface area contributed by atoms with E-state index in [1.165, 1.54) is 5.56 Å². The summed E-state index contributed by atoms with van der Waals surface area (Å²) < 4.78 is 5.51. The van der Waals surface area contributed by atoms with Gasteiger partial charge < -0.3 is 10.1 Å². The summed E-state index contributed by atoms with van der Waals surface area (Å²) in [7, 11) is 0. The molecule has 96 valence electrons. The molecule has 0 bridgehead atoms. The van der Waals surface area contributed by atoms with Crippen molar-refractivity contribution >= 4 is 16.7 Å². The van der Waals surface area contributed by atoms with Crippen LogP contribution in [0.2, 0.25) is 0 Å². The molecule has 0 aliphatic carbocycles. The zero-order valence-electron chi connectivity index (χ0n) is 11.3. The van der Waals surface area contributed by atoms with Crippen LogP contribution in [0.4, 0.5) is 5.82 Å². The minimum atomic E-state index is 0.689. The fraction of sp³-hybridized carbons (Fsp3) is 0.400. The molecule has 1 aromatic heterocycles. The van der Waals surface area contributed by atoms with Gasteiger partial charge in [-0.05, 0) is 50.1 Å². The quantitative estimate of drug-likeness (QED) is 0.869. The fourth-order valence-electron chi connectivity index (χ4n) is 1.94. The summed E-state index contributed by atoms with van der Waals surface area (Å²) in [6, 6.07) is 8.18. The van der Waals surface area contributed by atoms with Gasteiger partial charge in [0.05, 0.1) is 12.1 Å². The van der Waals surface area contributed by atoms with Gasteiger partial charge in [-0.1, -0.05) is 6.92 Å². The van der Waals surface area contributed by atoms with Crippen LogP contribution in [0.1, 0.15) is 25.8 Å². The maximum Gasteiger partial charge on any atom is 0.129 e. The van der Waals surface area contributed by atoms with Crippen molar-refractivity contribution in [3.63, 3.8) is 0 Å². The molecule has 3 heteroatoms. The van der Waals surface area contributed by atoms with Crippen LogP contribution in [0.25, 0.3) is 10.9 Å². The summed E-state index contributed by atoms with van der Waals surface area (Å²) >= 11 is 0. The van der Waals surface area contributed by atoms with E-state index in [1.54, 1.807) is 0 Å². The molecule has 0 saturated carbocycles. The normalized spacial score (nSPS) is 10.6. The number of pyridine rings is 1. The molecule has 2 rings (SSSR count). The maximum atomic E-state index is 5.51. The van der Waals surface area contributed by atoms with Gasteiger partial charge in [0.15, 0.2) is 0 Å².